The smallest absolute Gasteiger partial charge is 0.129 e. The molecule has 0 aliphatic heterocycles. The van der Waals surface area contributed by atoms with Crippen LogP contribution in [-0.4, -0.2) is 9.97 Å². The van der Waals surface area contributed by atoms with Crippen LogP contribution in [0.3, 0.4) is 0 Å². The highest BCUT2D eigenvalue weighted by Gasteiger charge is 1.91. The van der Waals surface area contributed by atoms with Crippen LogP contribution in [0.5, 0.6) is 0 Å². The lowest BCUT2D eigenvalue weighted by Gasteiger charge is -1.97. The van der Waals surface area contributed by atoms with Crippen molar-refractivity contribution in [3.05, 3.63) is 53.6 Å². The fraction of sp³-hybridized carbons (Fsp3) is 0.0833. The number of nitrogens with one attached hydrogen (secondary N) is 1. The van der Waals surface area contributed by atoms with E-state index in [9.17, 15) is 0 Å². The maximum absolute atomic E-state index is 4.12. The summed E-state index contributed by atoms with van der Waals surface area (Å²) in [5.41, 5.74) is 2.50. The first-order valence-corrected chi connectivity index (χ1v) is 4.59. The lowest BCUT2D eigenvalue weighted by molar-refractivity contribution is 1.27. The predicted molar refractivity (Wildman–Crippen MR) is 58.7 cm³/mol. The minimum absolute atomic E-state index is 0.883. The van der Waals surface area contributed by atoms with E-state index in [-0.39, 0.29) is 0 Å². The molecule has 2 nitrogen and oxygen atoms in total. The molecule has 14 heavy (non-hydrogen) atoms. The van der Waals surface area contributed by atoms with Gasteiger partial charge in [0.15, 0.2) is 0 Å². The van der Waals surface area contributed by atoms with Gasteiger partial charge in [-0.1, -0.05) is 30.3 Å². The van der Waals surface area contributed by atoms with E-state index in [4.69, 9.17) is 0 Å². The van der Waals surface area contributed by atoms with Crippen molar-refractivity contribution in [1.29, 1.82) is 0 Å². The van der Waals surface area contributed by atoms with Crippen molar-refractivity contribution in [3.63, 3.8) is 0 Å². The van der Waals surface area contributed by atoms with Gasteiger partial charge in [-0.2, -0.15) is 0 Å². The maximum Gasteiger partial charge on any atom is 0.129 e. The number of aromatic nitrogens is 2. The minimum Gasteiger partial charge on any atom is -0.345 e. The lowest BCUT2D eigenvalue weighted by atomic mass is 10.1. The third-order valence-electron chi connectivity index (χ3n) is 2.13. The van der Waals surface area contributed by atoms with Crippen molar-refractivity contribution in [3.8, 4) is 0 Å². The average Bonchev–Trinajstić information content (AvgIpc) is 2.69. The molecular weight excluding hydrogens is 172 g/mol. The Morgan fingerprint density at radius 3 is 2.79 bits per heavy atom. The Labute approximate surface area is 83.3 Å². The highest BCUT2D eigenvalue weighted by Crippen LogP contribution is 2.10. The molecule has 0 aliphatic carbocycles. The quantitative estimate of drug-likeness (QED) is 0.763. The Kier molecular flexibility index (Phi) is 2.45. The number of aromatic amines is 1. The van der Waals surface area contributed by atoms with Gasteiger partial charge in [0.05, 0.1) is 0 Å². The lowest BCUT2D eigenvalue weighted by Crippen LogP contribution is -1.79. The number of imidazole rings is 1. The van der Waals surface area contributed by atoms with Gasteiger partial charge in [-0.25, -0.2) is 4.98 Å². The molecule has 1 heterocycles. The first-order valence-electron chi connectivity index (χ1n) is 4.59. The molecule has 0 amide bonds. The summed E-state index contributed by atoms with van der Waals surface area (Å²) in [7, 11) is 0. The third-order valence-corrected chi connectivity index (χ3v) is 2.13. The number of rotatable bonds is 2. The van der Waals surface area contributed by atoms with Gasteiger partial charge in [-0.05, 0) is 24.1 Å². The third kappa shape index (κ3) is 1.91. The number of nitrogens with zero attached hydrogens (tertiary/aromatic N) is 1. The molecule has 0 spiro atoms. The van der Waals surface area contributed by atoms with Gasteiger partial charge in [0.1, 0.15) is 5.82 Å². The summed E-state index contributed by atoms with van der Waals surface area (Å²) in [6.45, 7) is 2.10. The van der Waals surface area contributed by atoms with Gasteiger partial charge in [0.25, 0.3) is 0 Å². The highest BCUT2D eigenvalue weighted by molar-refractivity contribution is 5.68. The number of hydrogen-bond acceptors (Lipinski definition) is 1. The van der Waals surface area contributed by atoms with E-state index >= 15 is 0 Å². The predicted octanol–water partition coefficient (Wildman–Crippen LogP) is 2.89. The topological polar surface area (TPSA) is 28.7 Å². The Morgan fingerprint density at radius 1 is 1.21 bits per heavy atom. The van der Waals surface area contributed by atoms with Gasteiger partial charge >= 0.3 is 0 Å². The van der Waals surface area contributed by atoms with Crippen molar-refractivity contribution < 1.29 is 0 Å². The van der Waals surface area contributed by atoms with Crippen molar-refractivity contribution in [2.75, 3.05) is 0 Å². The Hall–Kier alpha value is -1.83. The summed E-state index contributed by atoms with van der Waals surface area (Å²) in [6.07, 6.45) is 7.60. The number of benzene rings is 1. The van der Waals surface area contributed by atoms with Gasteiger partial charge in [-0.15, -0.1) is 0 Å². The molecule has 2 heteroatoms. The molecule has 2 aromatic rings. The zero-order valence-electron chi connectivity index (χ0n) is 8.07. The van der Waals surface area contributed by atoms with Crippen LogP contribution in [0.4, 0.5) is 0 Å². The number of H-pyrrole nitrogens is 1. The zero-order valence-corrected chi connectivity index (χ0v) is 8.07. The van der Waals surface area contributed by atoms with E-state index in [2.05, 4.69) is 35.1 Å². The van der Waals surface area contributed by atoms with Gasteiger partial charge in [0.2, 0.25) is 0 Å². The van der Waals surface area contributed by atoms with Gasteiger partial charge in [-0.3, -0.25) is 0 Å². The molecule has 0 radical (unpaired) electrons. The number of hydrogen-bond donors (Lipinski definition) is 1. The Bertz CT molecular complexity index is 427. The van der Waals surface area contributed by atoms with E-state index < -0.39 is 0 Å². The van der Waals surface area contributed by atoms with Gasteiger partial charge < -0.3 is 4.98 Å². The first-order chi connectivity index (χ1) is 6.86. The van der Waals surface area contributed by atoms with Crippen LogP contribution in [-0.2, 0) is 0 Å². The van der Waals surface area contributed by atoms with Crippen LogP contribution < -0.4 is 0 Å². The van der Waals surface area contributed by atoms with Crippen molar-refractivity contribution in [2.24, 2.45) is 0 Å². The fourth-order valence-electron chi connectivity index (χ4n) is 1.31. The van der Waals surface area contributed by atoms with Crippen LogP contribution in [0.1, 0.15) is 17.0 Å². The Morgan fingerprint density at radius 2 is 2.07 bits per heavy atom. The van der Waals surface area contributed by atoms with Crippen LogP contribution in [0, 0.1) is 6.92 Å². The molecule has 0 saturated heterocycles. The molecule has 0 unspecified atom stereocenters. The van der Waals surface area contributed by atoms with Crippen molar-refractivity contribution in [2.45, 2.75) is 6.92 Å². The van der Waals surface area contributed by atoms with E-state index in [1.165, 1.54) is 11.1 Å². The second-order valence-electron chi connectivity index (χ2n) is 3.16. The summed E-state index contributed by atoms with van der Waals surface area (Å²) in [6, 6.07) is 8.27. The van der Waals surface area contributed by atoms with Crippen LogP contribution in [0.2, 0.25) is 0 Å². The summed E-state index contributed by atoms with van der Waals surface area (Å²) in [5, 5.41) is 0. The zero-order chi connectivity index (χ0) is 9.80. The van der Waals surface area contributed by atoms with Crippen LogP contribution >= 0.6 is 0 Å². The van der Waals surface area contributed by atoms with E-state index in [1.807, 2.05) is 24.4 Å². The molecule has 2 rings (SSSR count). The maximum atomic E-state index is 4.12. The first kappa shape index (κ1) is 8.75. The molecule has 1 aromatic heterocycles. The van der Waals surface area contributed by atoms with Crippen LogP contribution in [0.25, 0.3) is 12.2 Å². The highest BCUT2D eigenvalue weighted by atomic mass is 14.9. The number of aryl methyl sites for hydroxylation is 1. The average molecular weight is 184 g/mol. The van der Waals surface area contributed by atoms with Gasteiger partial charge in [0, 0.05) is 12.4 Å². The monoisotopic (exact) mass is 184 g/mol. The molecule has 70 valence electrons. The van der Waals surface area contributed by atoms with E-state index in [1.54, 1.807) is 6.20 Å². The molecule has 0 atom stereocenters. The summed E-state index contributed by atoms with van der Waals surface area (Å²) in [5.74, 6) is 0.883. The largest absolute Gasteiger partial charge is 0.345 e. The fourth-order valence-corrected chi connectivity index (χ4v) is 1.31. The molecule has 1 N–H and O–H groups in total. The van der Waals surface area contributed by atoms with E-state index in [0.717, 1.165) is 5.82 Å². The minimum atomic E-state index is 0.883. The summed E-state index contributed by atoms with van der Waals surface area (Å²) >= 11 is 0. The molecule has 0 aliphatic rings. The van der Waals surface area contributed by atoms with E-state index in [0.29, 0.717) is 0 Å². The van der Waals surface area contributed by atoms with Crippen molar-refractivity contribution in [1.82, 2.24) is 9.97 Å². The normalized spacial score (nSPS) is 10.9. The molecular formula is C12H12N2. The second-order valence-corrected chi connectivity index (χ2v) is 3.16. The molecule has 1 aromatic carbocycles. The molecule has 0 saturated carbocycles. The van der Waals surface area contributed by atoms with Crippen molar-refractivity contribution >= 4 is 12.2 Å². The molecule has 0 fully saturated rings. The summed E-state index contributed by atoms with van der Waals surface area (Å²) in [4.78, 5) is 7.15. The SMILES string of the molecule is Cc1ccccc1/C=C/c1ncc[nH]1. The standard InChI is InChI=1S/C12H12N2/c1-10-4-2-3-5-11(10)6-7-12-13-8-9-14-12/h2-9H,1H3,(H,13,14)/b7-6+. The second kappa shape index (κ2) is 3.92. The molecule has 0 bridgehead atoms. The van der Waals surface area contributed by atoms with Crippen LogP contribution in [0.15, 0.2) is 36.7 Å². The summed E-state index contributed by atoms with van der Waals surface area (Å²) < 4.78 is 0. The Balaban J connectivity index is 2.23.